The summed E-state index contributed by atoms with van der Waals surface area (Å²) in [6.07, 6.45) is -0.573. The molecule has 6 heteroatoms. The lowest BCUT2D eigenvalue weighted by Gasteiger charge is -2.16. The number of rotatable bonds is 4. The fourth-order valence-electron chi connectivity index (χ4n) is 2.59. The second kappa shape index (κ2) is 6.12. The van der Waals surface area contributed by atoms with Gasteiger partial charge in [0.2, 0.25) is 6.23 Å². The molecule has 23 heavy (non-hydrogen) atoms. The van der Waals surface area contributed by atoms with Crippen LogP contribution in [0.3, 0.4) is 0 Å². The lowest BCUT2D eigenvalue weighted by molar-refractivity contribution is 0.0435. The molecule has 0 saturated carbocycles. The Bertz CT molecular complexity index is 775. The number of anilines is 1. The van der Waals surface area contributed by atoms with Gasteiger partial charge in [0.15, 0.2) is 11.5 Å². The lowest BCUT2D eigenvalue weighted by Crippen LogP contribution is -2.10. The van der Waals surface area contributed by atoms with Crippen LogP contribution < -0.4 is 14.8 Å². The van der Waals surface area contributed by atoms with Gasteiger partial charge in [0.05, 0.1) is 19.9 Å². The number of hydrogen-bond donors (Lipinski definition) is 1. The lowest BCUT2D eigenvalue weighted by atomic mass is 10.1. The molecule has 3 rings (SSSR count). The van der Waals surface area contributed by atoms with Gasteiger partial charge in [-0.05, 0) is 52.7 Å². The Balaban J connectivity index is 1.99. The third-order valence-electron chi connectivity index (χ3n) is 3.70. The minimum atomic E-state index is -0.573. The minimum Gasteiger partial charge on any atom is -0.493 e. The first-order valence-corrected chi connectivity index (χ1v) is 7.83. The zero-order chi connectivity index (χ0) is 16.6. The van der Waals surface area contributed by atoms with Crippen molar-refractivity contribution >= 4 is 27.6 Å². The predicted octanol–water partition coefficient (Wildman–Crippen LogP) is 4.06. The molecule has 120 valence electrons. The monoisotopic (exact) mass is 377 g/mol. The summed E-state index contributed by atoms with van der Waals surface area (Å²) in [7, 11) is 3.03. The molecule has 0 fully saturated rings. The van der Waals surface area contributed by atoms with E-state index in [9.17, 15) is 4.79 Å². The first-order valence-electron chi connectivity index (χ1n) is 7.03. The summed E-state index contributed by atoms with van der Waals surface area (Å²) in [4.78, 5) is 12.2. The molecule has 1 aliphatic rings. The predicted molar refractivity (Wildman–Crippen MR) is 90.2 cm³/mol. The molecule has 1 heterocycles. The molecule has 0 spiro atoms. The average Bonchev–Trinajstić information content (AvgIpc) is 2.85. The van der Waals surface area contributed by atoms with Gasteiger partial charge in [-0.3, -0.25) is 0 Å². The van der Waals surface area contributed by atoms with Crippen LogP contribution in [0, 0.1) is 6.92 Å². The van der Waals surface area contributed by atoms with Crippen LogP contribution in [-0.4, -0.2) is 20.2 Å². The van der Waals surface area contributed by atoms with E-state index < -0.39 is 12.2 Å². The highest BCUT2D eigenvalue weighted by Crippen LogP contribution is 2.42. The molecule has 0 saturated heterocycles. The Kier molecular flexibility index (Phi) is 4.17. The summed E-state index contributed by atoms with van der Waals surface area (Å²) in [6, 6.07) is 9.49. The topological polar surface area (TPSA) is 56.8 Å². The summed E-state index contributed by atoms with van der Waals surface area (Å²) in [5.41, 5.74) is 3.10. The van der Waals surface area contributed by atoms with Crippen molar-refractivity contribution in [1.29, 1.82) is 0 Å². The first-order chi connectivity index (χ1) is 11.0. The SMILES string of the molecule is COc1ccc2c(c1OC)C(=O)OC2Nc1ccc(C)cc1Br. The number of methoxy groups -OCH3 is 2. The van der Waals surface area contributed by atoms with Crippen LogP contribution in [0.2, 0.25) is 0 Å². The van der Waals surface area contributed by atoms with Gasteiger partial charge in [-0.15, -0.1) is 0 Å². The maximum atomic E-state index is 12.2. The van der Waals surface area contributed by atoms with Gasteiger partial charge in [-0.25, -0.2) is 4.79 Å². The Morgan fingerprint density at radius 1 is 1.17 bits per heavy atom. The third-order valence-corrected chi connectivity index (χ3v) is 4.36. The number of carbonyl (C=O) groups excluding carboxylic acids is 1. The van der Waals surface area contributed by atoms with E-state index in [1.54, 1.807) is 12.1 Å². The number of cyclic esters (lactones) is 1. The van der Waals surface area contributed by atoms with Crippen molar-refractivity contribution in [2.45, 2.75) is 13.2 Å². The van der Waals surface area contributed by atoms with E-state index in [0.717, 1.165) is 21.3 Å². The van der Waals surface area contributed by atoms with Gasteiger partial charge < -0.3 is 19.5 Å². The molecule has 1 aliphatic heterocycles. The van der Waals surface area contributed by atoms with E-state index in [1.807, 2.05) is 25.1 Å². The summed E-state index contributed by atoms with van der Waals surface area (Å²) in [6.45, 7) is 2.01. The molecule has 1 unspecified atom stereocenters. The average molecular weight is 378 g/mol. The smallest absolute Gasteiger partial charge is 0.344 e. The van der Waals surface area contributed by atoms with E-state index in [1.165, 1.54) is 14.2 Å². The molecule has 0 bridgehead atoms. The first kappa shape index (κ1) is 15.7. The number of halogens is 1. The van der Waals surface area contributed by atoms with E-state index in [2.05, 4.69) is 21.2 Å². The Morgan fingerprint density at radius 2 is 1.96 bits per heavy atom. The van der Waals surface area contributed by atoms with Crippen LogP contribution in [0.25, 0.3) is 0 Å². The van der Waals surface area contributed by atoms with E-state index in [0.29, 0.717) is 17.1 Å². The van der Waals surface area contributed by atoms with Gasteiger partial charge in [0.25, 0.3) is 0 Å². The molecule has 0 aliphatic carbocycles. The minimum absolute atomic E-state index is 0.391. The number of aryl methyl sites for hydroxylation is 1. The molecular weight excluding hydrogens is 362 g/mol. The second-order valence-corrected chi connectivity index (χ2v) is 6.03. The van der Waals surface area contributed by atoms with Crippen molar-refractivity contribution in [3.05, 3.63) is 51.5 Å². The van der Waals surface area contributed by atoms with Crippen molar-refractivity contribution in [2.24, 2.45) is 0 Å². The van der Waals surface area contributed by atoms with Crippen LogP contribution in [0.15, 0.2) is 34.8 Å². The normalized spacial score (nSPS) is 15.8. The van der Waals surface area contributed by atoms with E-state index in [4.69, 9.17) is 14.2 Å². The fourth-order valence-corrected chi connectivity index (χ4v) is 3.19. The molecule has 1 atom stereocenters. The number of carbonyl (C=O) groups is 1. The zero-order valence-electron chi connectivity index (χ0n) is 13.0. The zero-order valence-corrected chi connectivity index (χ0v) is 14.6. The maximum Gasteiger partial charge on any atom is 0.344 e. The fraction of sp³-hybridized carbons (Fsp3) is 0.235. The quantitative estimate of drug-likeness (QED) is 0.814. The van der Waals surface area contributed by atoms with E-state index >= 15 is 0 Å². The number of fused-ring (bicyclic) bond motifs is 1. The second-order valence-electron chi connectivity index (χ2n) is 5.18. The number of ether oxygens (including phenoxy) is 3. The van der Waals surface area contributed by atoms with Crippen LogP contribution in [0.5, 0.6) is 11.5 Å². The van der Waals surface area contributed by atoms with Gasteiger partial charge >= 0.3 is 5.97 Å². The van der Waals surface area contributed by atoms with Crippen LogP contribution in [0.4, 0.5) is 5.69 Å². The summed E-state index contributed by atoms with van der Waals surface area (Å²) < 4.78 is 16.9. The molecular formula is C17H16BrNO4. The van der Waals surface area contributed by atoms with E-state index in [-0.39, 0.29) is 0 Å². The highest BCUT2D eigenvalue weighted by molar-refractivity contribution is 9.10. The molecule has 2 aromatic carbocycles. The van der Waals surface area contributed by atoms with Gasteiger partial charge in [-0.1, -0.05) is 6.07 Å². The number of hydrogen-bond acceptors (Lipinski definition) is 5. The number of esters is 1. The highest BCUT2D eigenvalue weighted by Gasteiger charge is 2.36. The summed E-state index contributed by atoms with van der Waals surface area (Å²) in [5, 5.41) is 3.23. The molecule has 0 amide bonds. The third kappa shape index (κ3) is 2.74. The van der Waals surface area contributed by atoms with Crippen LogP contribution in [0.1, 0.15) is 27.7 Å². The molecule has 0 aromatic heterocycles. The van der Waals surface area contributed by atoms with Crippen molar-refractivity contribution < 1.29 is 19.0 Å². The van der Waals surface area contributed by atoms with Gasteiger partial charge in [0.1, 0.15) is 5.56 Å². The summed E-state index contributed by atoms with van der Waals surface area (Å²) in [5.74, 6) is 0.458. The maximum absolute atomic E-state index is 12.2. The number of benzene rings is 2. The van der Waals surface area contributed by atoms with Crippen molar-refractivity contribution in [2.75, 3.05) is 19.5 Å². The molecule has 2 aromatic rings. The molecule has 0 radical (unpaired) electrons. The van der Waals surface area contributed by atoms with Crippen molar-refractivity contribution in [3.8, 4) is 11.5 Å². The Hall–Kier alpha value is -2.21. The van der Waals surface area contributed by atoms with Crippen molar-refractivity contribution in [1.82, 2.24) is 0 Å². The standard InChI is InChI=1S/C17H16BrNO4/c1-9-4-6-12(11(18)8-9)19-16-10-5-7-13(21-2)15(22-3)14(10)17(20)23-16/h4-8,16,19H,1-3H3. The largest absolute Gasteiger partial charge is 0.493 e. The van der Waals surface area contributed by atoms with Crippen LogP contribution in [-0.2, 0) is 4.74 Å². The van der Waals surface area contributed by atoms with Crippen LogP contribution >= 0.6 is 15.9 Å². The molecule has 1 N–H and O–H groups in total. The summed E-state index contributed by atoms with van der Waals surface area (Å²) >= 11 is 3.51. The Labute approximate surface area is 142 Å². The Morgan fingerprint density at radius 3 is 2.61 bits per heavy atom. The number of nitrogens with one attached hydrogen (secondary N) is 1. The van der Waals surface area contributed by atoms with Gasteiger partial charge in [0, 0.05) is 10.0 Å². The highest BCUT2D eigenvalue weighted by atomic mass is 79.9. The molecule has 5 nitrogen and oxygen atoms in total. The van der Waals surface area contributed by atoms with Crippen molar-refractivity contribution in [3.63, 3.8) is 0 Å². The van der Waals surface area contributed by atoms with Gasteiger partial charge in [-0.2, -0.15) is 0 Å².